The van der Waals surface area contributed by atoms with Crippen molar-refractivity contribution in [3.05, 3.63) is 30.1 Å². The topological polar surface area (TPSA) is 72.3 Å². The van der Waals surface area contributed by atoms with Gasteiger partial charge in [-0.3, -0.25) is 0 Å². The van der Waals surface area contributed by atoms with Crippen LogP contribution >= 0.6 is 11.8 Å². The number of fused-ring (bicyclic) bond motifs is 1. The third-order valence-corrected chi connectivity index (χ3v) is 4.79. The molecule has 6 heteroatoms. The van der Waals surface area contributed by atoms with Crippen molar-refractivity contribution in [3.8, 4) is 0 Å². The maximum Gasteiger partial charge on any atom is 0.373 e. The van der Waals surface area contributed by atoms with Gasteiger partial charge in [-0.2, -0.15) is 0 Å². The predicted octanol–water partition coefficient (Wildman–Crippen LogP) is 2.60. The molecule has 2 atom stereocenters. The van der Waals surface area contributed by atoms with Crippen LogP contribution in [0.15, 0.2) is 29.3 Å². The van der Waals surface area contributed by atoms with E-state index in [0.29, 0.717) is 10.8 Å². The molecule has 1 aliphatic heterocycles. The molecule has 0 spiro atoms. The van der Waals surface area contributed by atoms with Crippen LogP contribution in [0.2, 0.25) is 0 Å². The minimum Gasteiger partial charge on any atom is -0.475 e. The molecule has 104 valence electrons. The van der Waals surface area contributed by atoms with E-state index in [1.54, 1.807) is 11.8 Å². The number of aromatic nitrogens is 2. The van der Waals surface area contributed by atoms with Gasteiger partial charge in [0, 0.05) is 17.2 Å². The minimum absolute atomic E-state index is 0.155. The van der Waals surface area contributed by atoms with E-state index in [1.807, 2.05) is 31.2 Å². The molecule has 2 heterocycles. The molecule has 0 bridgehead atoms. The fourth-order valence-corrected chi connectivity index (χ4v) is 3.45. The number of thioether (sulfide) groups is 1. The highest BCUT2D eigenvalue weighted by Crippen LogP contribution is 2.34. The second-order valence-electron chi connectivity index (χ2n) is 4.70. The smallest absolute Gasteiger partial charge is 0.373 e. The van der Waals surface area contributed by atoms with Crippen molar-refractivity contribution in [2.24, 2.45) is 0 Å². The van der Waals surface area contributed by atoms with E-state index in [2.05, 4.69) is 9.97 Å². The van der Waals surface area contributed by atoms with Crippen LogP contribution in [0.4, 0.5) is 0 Å². The Hall–Kier alpha value is -1.66. The zero-order valence-electron chi connectivity index (χ0n) is 10.9. The molecule has 3 rings (SSSR count). The van der Waals surface area contributed by atoms with Gasteiger partial charge in [0.2, 0.25) is 5.82 Å². The number of hydrogen-bond donors (Lipinski definition) is 1. The number of para-hydroxylation sites is 1. The van der Waals surface area contributed by atoms with Gasteiger partial charge in [0.05, 0.1) is 11.6 Å². The van der Waals surface area contributed by atoms with Gasteiger partial charge in [-0.25, -0.2) is 14.8 Å². The summed E-state index contributed by atoms with van der Waals surface area (Å²) >= 11 is 1.58. The maximum absolute atomic E-state index is 11.1. The normalized spacial score (nSPS) is 22.2. The van der Waals surface area contributed by atoms with Crippen LogP contribution in [-0.2, 0) is 4.74 Å². The number of rotatable bonds is 3. The lowest BCUT2D eigenvalue weighted by molar-refractivity contribution is 0.0683. The van der Waals surface area contributed by atoms with Crippen LogP contribution in [-0.4, -0.2) is 39.0 Å². The lowest BCUT2D eigenvalue weighted by atomic mass is 10.2. The Kier molecular flexibility index (Phi) is 3.58. The van der Waals surface area contributed by atoms with E-state index in [1.165, 1.54) is 0 Å². The number of hydrogen-bond acceptors (Lipinski definition) is 5. The fourth-order valence-electron chi connectivity index (χ4n) is 2.24. The average Bonchev–Trinajstić information content (AvgIpc) is 2.84. The van der Waals surface area contributed by atoms with Crippen molar-refractivity contribution in [2.75, 3.05) is 6.61 Å². The summed E-state index contributed by atoms with van der Waals surface area (Å²) in [5.41, 5.74) is 0.661. The molecular weight excluding hydrogens is 276 g/mol. The first-order valence-electron chi connectivity index (χ1n) is 6.43. The molecule has 0 saturated carbocycles. The van der Waals surface area contributed by atoms with E-state index < -0.39 is 5.97 Å². The highest BCUT2D eigenvalue weighted by molar-refractivity contribution is 8.00. The summed E-state index contributed by atoms with van der Waals surface area (Å²) < 4.78 is 5.55. The molecular formula is C14H14N2O3S. The van der Waals surface area contributed by atoms with E-state index in [-0.39, 0.29) is 11.9 Å². The van der Waals surface area contributed by atoms with Crippen molar-refractivity contribution in [2.45, 2.75) is 29.7 Å². The molecule has 1 saturated heterocycles. The van der Waals surface area contributed by atoms with Gasteiger partial charge in [0.15, 0.2) is 0 Å². The van der Waals surface area contributed by atoms with E-state index in [4.69, 9.17) is 9.84 Å². The summed E-state index contributed by atoms with van der Waals surface area (Å²) in [7, 11) is 0. The van der Waals surface area contributed by atoms with Gasteiger partial charge in [-0.1, -0.05) is 30.0 Å². The molecule has 1 fully saturated rings. The zero-order chi connectivity index (χ0) is 14.1. The van der Waals surface area contributed by atoms with Crippen LogP contribution in [0.25, 0.3) is 10.9 Å². The summed E-state index contributed by atoms with van der Waals surface area (Å²) in [4.78, 5) is 19.4. The van der Waals surface area contributed by atoms with E-state index in [0.717, 1.165) is 23.4 Å². The largest absolute Gasteiger partial charge is 0.475 e. The SMILES string of the molecule is CC1OCCC1Sc1nc(C(=O)O)nc2ccccc12. The zero-order valence-corrected chi connectivity index (χ0v) is 11.8. The number of ether oxygens (including phenoxy) is 1. The highest BCUT2D eigenvalue weighted by atomic mass is 32.2. The van der Waals surface area contributed by atoms with E-state index in [9.17, 15) is 4.79 Å². The monoisotopic (exact) mass is 290 g/mol. The Balaban J connectivity index is 2.05. The molecule has 1 N–H and O–H groups in total. The number of nitrogens with zero attached hydrogens (tertiary/aromatic N) is 2. The van der Waals surface area contributed by atoms with Gasteiger partial charge in [-0.15, -0.1) is 0 Å². The molecule has 0 aliphatic carbocycles. The predicted molar refractivity (Wildman–Crippen MR) is 76.2 cm³/mol. The van der Waals surface area contributed by atoms with Crippen molar-refractivity contribution in [3.63, 3.8) is 0 Å². The van der Waals surface area contributed by atoms with E-state index >= 15 is 0 Å². The van der Waals surface area contributed by atoms with Crippen LogP contribution in [0.3, 0.4) is 0 Å². The third-order valence-electron chi connectivity index (χ3n) is 3.33. The number of carboxylic acid groups (broad SMARTS) is 1. The lowest BCUT2D eigenvalue weighted by Gasteiger charge is -2.14. The summed E-state index contributed by atoms with van der Waals surface area (Å²) in [5.74, 6) is -1.26. The minimum atomic E-state index is -1.10. The van der Waals surface area contributed by atoms with Gasteiger partial charge in [0.25, 0.3) is 0 Å². The quantitative estimate of drug-likeness (QED) is 0.876. The van der Waals surface area contributed by atoms with Crippen molar-refractivity contribution in [1.29, 1.82) is 0 Å². The summed E-state index contributed by atoms with van der Waals surface area (Å²) in [6.45, 7) is 2.78. The Labute approximate surface area is 120 Å². The maximum atomic E-state index is 11.1. The molecule has 2 aromatic rings. The summed E-state index contributed by atoms with van der Waals surface area (Å²) in [5, 5.41) is 11.0. The number of carboxylic acids is 1. The fraction of sp³-hybridized carbons (Fsp3) is 0.357. The molecule has 2 unspecified atom stereocenters. The third kappa shape index (κ3) is 2.48. The first kappa shape index (κ1) is 13.3. The van der Waals surface area contributed by atoms with Crippen LogP contribution in [0.1, 0.15) is 24.0 Å². The Morgan fingerprint density at radius 1 is 1.40 bits per heavy atom. The van der Waals surface area contributed by atoms with Crippen LogP contribution in [0, 0.1) is 0 Å². The van der Waals surface area contributed by atoms with Crippen molar-refractivity contribution in [1.82, 2.24) is 9.97 Å². The van der Waals surface area contributed by atoms with Crippen molar-refractivity contribution < 1.29 is 14.6 Å². The molecule has 0 radical (unpaired) electrons. The lowest BCUT2D eigenvalue weighted by Crippen LogP contribution is -2.14. The van der Waals surface area contributed by atoms with Crippen LogP contribution in [0.5, 0.6) is 0 Å². The van der Waals surface area contributed by atoms with Gasteiger partial charge < -0.3 is 9.84 Å². The van der Waals surface area contributed by atoms with Crippen LogP contribution < -0.4 is 0 Å². The average molecular weight is 290 g/mol. The second-order valence-corrected chi connectivity index (χ2v) is 5.92. The Bertz CT molecular complexity index is 662. The molecule has 5 nitrogen and oxygen atoms in total. The highest BCUT2D eigenvalue weighted by Gasteiger charge is 2.27. The van der Waals surface area contributed by atoms with Crippen molar-refractivity contribution >= 4 is 28.6 Å². The molecule has 1 aromatic carbocycles. The number of carbonyl (C=O) groups is 1. The summed E-state index contributed by atoms with van der Waals surface area (Å²) in [6.07, 6.45) is 1.11. The summed E-state index contributed by atoms with van der Waals surface area (Å²) in [6, 6.07) is 7.48. The van der Waals surface area contributed by atoms with Gasteiger partial charge >= 0.3 is 5.97 Å². The first-order valence-corrected chi connectivity index (χ1v) is 7.31. The molecule has 0 amide bonds. The number of benzene rings is 1. The molecule has 20 heavy (non-hydrogen) atoms. The molecule has 1 aromatic heterocycles. The second kappa shape index (κ2) is 5.38. The Morgan fingerprint density at radius 3 is 2.90 bits per heavy atom. The first-order chi connectivity index (χ1) is 9.65. The standard InChI is InChI=1S/C14H14N2O3S/c1-8-11(6-7-19-8)20-13-9-4-2-3-5-10(9)15-12(16-13)14(17)18/h2-5,8,11H,6-7H2,1H3,(H,17,18). The Morgan fingerprint density at radius 2 is 2.20 bits per heavy atom. The van der Waals surface area contributed by atoms with Gasteiger partial charge in [-0.05, 0) is 19.4 Å². The number of aromatic carboxylic acids is 1. The van der Waals surface area contributed by atoms with Gasteiger partial charge in [0.1, 0.15) is 5.03 Å². The molecule has 1 aliphatic rings.